The molecule has 2 aromatic carbocycles. The summed E-state index contributed by atoms with van der Waals surface area (Å²) in [5, 5.41) is 13.8. The average Bonchev–Trinajstić information content (AvgIpc) is 3.78. The van der Waals surface area contributed by atoms with Crippen molar-refractivity contribution in [3.05, 3.63) is 67.3 Å². The molecule has 1 aliphatic heterocycles. The van der Waals surface area contributed by atoms with Crippen LogP contribution in [0.1, 0.15) is 38.3 Å². The summed E-state index contributed by atoms with van der Waals surface area (Å²) in [6, 6.07) is 4.89. The molecule has 2 aliphatic rings. The van der Waals surface area contributed by atoms with Crippen molar-refractivity contribution >= 4 is 45.8 Å². The summed E-state index contributed by atoms with van der Waals surface area (Å²) in [5.41, 5.74) is -1.57. The number of amides is 3. The highest BCUT2D eigenvalue weighted by molar-refractivity contribution is 6.32. The van der Waals surface area contributed by atoms with Gasteiger partial charge in [-0.1, -0.05) is 11.6 Å². The van der Waals surface area contributed by atoms with Gasteiger partial charge in [-0.05, 0) is 50.8 Å². The van der Waals surface area contributed by atoms with Gasteiger partial charge in [-0.2, -0.15) is 5.26 Å². The minimum Gasteiger partial charge on any atom is -0.365 e. The van der Waals surface area contributed by atoms with Crippen molar-refractivity contribution < 1.29 is 23.1 Å². The molecular weight excluding hydrogens is 574 g/mol. The number of carbonyl (C=O) groups excluding carboxylic acids is 2. The van der Waals surface area contributed by atoms with Gasteiger partial charge in [-0.3, -0.25) is 18.7 Å². The number of nitriles is 1. The summed E-state index contributed by atoms with van der Waals surface area (Å²) in [4.78, 5) is 53.5. The van der Waals surface area contributed by atoms with Crippen LogP contribution in [0.25, 0.3) is 10.9 Å². The lowest BCUT2D eigenvalue weighted by molar-refractivity contribution is -0.131. The zero-order valence-corrected chi connectivity index (χ0v) is 23.5. The van der Waals surface area contributed by atoms with Gasteiger partial charge in [0.25, 0.3) is 11.5 Å². The summed E-state index contributed by atoms with van der Waals surface area (Å²) in [6.07, 6.45) is 0.658. The van der Waals surface area contributed by atoms with E-state index >= 15 is 4.39 Å². The third-order valence-electron chi connectivity index (χ3n) is 7.23. The molecule has 14 heteroatoms. The molecule has 1 atom stereocenters. The third-order valence-corrected chi connectivity index (χ3v) is 7.55. The number of benzene rings is 2. The topological polar surface area (TPSA) is 138 Å². The van der Waals surface area contributed by atoms with Crippen LogP contribution in [0, 0.1) is 28.9 Å². The number of nitrogens with zero attached hydrogens (tertiary/aromatic N) is 4. The zero-order valence-electron chi connectivity index (χ0n) is 22.7. The number of hydrogen-bond acceptors (Lipinski definition) is 6. The highest BCUT2D eigenvalue weighted by atomic mass is 35.5. The van der Waals surface area contributed by atoms with E-state index in [0.717, 1.165) is 31.0 Å². The quantitative estimate of drug-likeness (QED) is 0.441. The molecule has 3 amide bonds. The van der Waals surface area contributed by atoms with Crippen LogP contribution in [0.4, 0.5) is 25.0 Å². The number of carbonyl (C=O) groups is 2. The molecular formula is C28H27ClF2N6O5. The first kappa shape index (κ1) is 29.2. The van der Waals surface area contributed by atoms with Crippen molar-refractivity contribution in [2.24, 2.45) is 5.92 Å². The fourth-order valence-corrected chi connectivity index (χ4v) is 5.05. The molecule has 2 N–H and O–H groups in total. The molecule has 42 heavy (non-hydrogen) atoms. The number of halogens is 3. The van der Waals surface area contributed by atoms with Gasteiger partial charge in [-0.15, -0.1) is 0 Å². The molecule has 1 aromatic heterocycles. The maximum Gasteiger partial charge on any atom is 0.331 e. The molecule has 220 valence electrons. The van der Waals surface area contributed by atoms with Crippen LogP contribution in [0.3, 0.4) is 0 Å². The monoisotopic (exact) mass is 600 g/mol. The second kappa shape index (κ2) is 11.5. The predicted octanol–water partition coefficient (Wildman–Crippen LogP) is 3.83. The molecule has 0 radical (unpaired) electrons. The Morgan fingerprint density at radius 2 is 1.81 bits per heavy atom. The molecule has 0 unspecified atom stereocenters. The Bertz CT molecular complexity index is 1760. The lowest BCUT2D eigenvalue weighted by Crippen LogP contribution is -2.51. The minimum atomic E-state index is -1.19. The molecule has 0 spiro atoms. The Morgan fingerprint density at radius 3 is 2.48 bits per heavy atom. The Kier molecular flexibility index (Phi) is 8.03. The van der Waals surface area contributed by atoms with E-state index in [1.165, 1.54) is 20.1 Å². The van der Waals surface area contributed by atoms with Crippen LogP contribution in [0.15, 0.2) is 33.9 Å². The Labute approximate surface area is 243 Å². The molecule has 11 nitrogen and oxygen atoms in total. The van der Waals surface area contributed by atoms with E-state index in [9.17, 15) is 23.6 Å². The van der Waals surface area contributed by atoms with Crippen LogP contribution in [0.2, 0.25) is 5.02 Å². The SMILES string of the molecule is CC(C)n1c(=O)n(CC2CC2)c(=O)c2cc(NC(=O)N3CCO[C@@H](C(=O)Nc4cc(Cl)c(C#N)cc4F)C3)c(F)cc21. The number of anilines is 2. The molecule has 2 heterocycles. The summed E-state index contributed by atoms with van der Waals surface area (Å²) in [7, 11) is 0. The van der Waals surface area contributed by atoms with Crippen LogP contribution >= 0.6 is 11.6 Å². The van der Waals surface area contributed by atoms with Crippen molar-refractivity contribution in [3.63, 3.8) is 0 Å². The normalized spacial score (nSPS) is 16.9. The smallest absolute Gasteiger partial charge is 0.331 e. The Morgan fingerprint density at radius 1 is 1.12 bits per heavy atom. The number of aromatic nitrogens is 2. The molecule has 3 aromatic rings. The number of nitrogens with one attached hydrogen (secondary N) is 2. The van der Waals surface area contributed by atoms with E-state index < -0.39 is 40.9 Å². The summed E-state index contributed by atoms with van der Waals surface area (Å²) in [6.45, 7) is 3.60. The fourth-order valence-electron chi connectivity index (χ4n) is 4.84. The molecule has 0 bridgehead atoms. The van der Waals surface area contributed by atoms with E-state index in [4.69, 9.17) is 21.6 Å². The van der Waals surface area contributed by atoms with Crippen molar-refractivity contribution in [3.8, 4) is 6.07 Å². The van der Waals surface area contributed by atoms with Gasteiger partial charge in [0.15, 0.2) is 6.10 Å². The number of ether oxygens (including phenoxy) is 1. The number of morpholine rings is 1. The van der Waals surface area contributed by atoms with Crippen molar-refractivity contribution in [2.75, 3.05) is 30.3 Å². The number of hydrogen-bond donors (Lipinski definition) is 2. The molecule has 2 fully saturated rings. The summed E-state index contributed by atoms with van der Waals surface area (Å²) in [5.74, 6) is -2.24. The number of fused-ring (bicyclic) bond motifs is 1. The molecule has 5 rings (SSSR count). The van der Waals surface area contributed by atoms with Gasteiger partial charge in [0, 0.05) is 25.2 Å². The highest BCUT2D eigenvalue weighted by Crippen LogP contribution is 2.30. The summed E-state index contributed by atoms with van der Waals surface area (Å²) >= 11 is 5.94. The Balaban J connectivity index is 1.36. The summed E-state index contributed by atoms with van der Waals surface area (Å²) < 4.78 is 37.6. The van der Waals surface area contributed by atoms with Crippen LogP contribution in [-0.4, -0.2) is 51.8 Å². The molecule has 1 saturated carbocycles. The standard InChI is InChI=1S/C28H27ClF2N6O5/c1-14(2)37-23-10-20(31)21(8-17(23)26(39)36(28(37)41)12-15-3-4-15)34-27(40)35-5-6-42-24(13-35)25(38)33-22-9-18(29)16(11-32)7-19(22)30/h7-10,14-15,24H,3-6,12-13H2,1-2H3,(H,33,38)(H,34,40)/t24-/m1/s1. The largest absolute Gasteiger partial charge is 0.365 e. The fraction of sp³-hybridized carbons (Fsp3) is 0.393. The van der Waals surface area contributed by atoms with Crippen LogP contribution < -0.4 is 21.9 Å². The van der Waals surface area contributed by atoms with Gasteiger partial charge in [-0.25, -0.2) is 18.4 Å². The van der Waals surface area contributed by atoms with E-state index in [1.807, 2.05) is 0 Å². The van der Waals surface area contributed by atoms with Crippen LogP contribution in [0.5, 0.6) is 0 Å². The van der Waals surface area contributed by atoms with Gasteiger partial charge in [0.1, 0.15) is 17.7 Å². The van der Waals surface area contributed by atoms with E-state index in [0.29, 0.717) is 0 Å². The minimum absolute atomic E-state index is 0.0329. The van der Waals surface area contributed by atoms with E-state index in [1.54, 1.807) is 19.9 Å². The van der Waals surface area contributed by atoms with Gasteiger partial charge in [0.05, 0.1) is 46.0 Å². The first-order valence-corrected chi connectivity index (χ1v) is 13.7. The number of urea groups is 1. The predicted molar refractivity (Wildman–Crippen MR) is 151 cm³/mol. The van der Waals surface area contributed by atoms with E-state index in [-0.39, 0.29) is 71.1 Å². The van der Waals surface area contributed by atoms with Crippen molar-refractivity contribution in [2.45, 2.75) is 45.4 Å². The van der Waals surface area contributed by atoms with Crippen molar-refractivity contribution in [1.82, 2.24) is 14.0 Å². The first-order valence-electron chi connectivity index (χ1n) is 13.3. The second-order valence-corrected chi connectivity index (χ2v) is 11.0. The maximum absolute atomic E-state index is 15.2. The van der Waals surface area contributed by atoms with E-state index in [2.05, 4.69) is 10.6 Å². The van der Waals surface area contributed by atoms with Gasteiger partial charge < -0.3 is 20.3 Å². The lowest BCUT2D eigenvalue weighted by Gasteiger charge is -2.32. The second-order valence-electron chi connectivity index (χ2n) is 10.6. The lowest BCUT2D eigenvalue weighted by atomic mass is 10.1. The highest BCUT2D eigenvalue weighted by Gasteiger charge is 2.31. The third kappa shape index (κ3) is 5.73. The average molecular weight is 601 g/mol. The first-order chi connectivity index (χ1) is 20.0. The molecule has 1 aliphatic carbocycles. The van der Waals surface area contributed by atoms with Gasteiger partial charge in [0.2, 0.25) is 0 Å². The number of rotatable bonds is 6. The Hall–Kier alpha value is -4.28. The zero-order chi connectivity index (χ0) is 30.3. The van der Waals surface area contributed by atoms with Crippen molar-refractivity contribution in [1.29, 1.82) is 5.26 Å². The maximum atomic E-state index is 15.2. The van der Waals surface area contributed by atoms with Crippen LogP contribution in [-0.2, 0) is 16.1 Å². The molecule has 1 saturated heterocycles. The van der Waals surface area contributed by atoms with Gasteiger partial charge >= 0.3 is 11.7 Å².